The van der Waals surface area contributed by atoms with Gasteiger partial charge in [-0.25, -0.2) is 0 Å². The number of hydrogen-bond acceptors (Lipinski definition) is 1. The van der Waals surface area contributed by atoms with Gasteiger partial charge >= 0.3 is 0 Å². The van der Waals surface area contributed by atoms with Crippen LogP contribution in [0.1, 0.15) is 56.1 Å². The number of rotatable bonds is 9. The Kier molecular flexibility index (Phi) is 7.62. The van der Waals surface area contributed by atoms with Crippen molar-refractivity contribution in [3.05, 3.63) is 77.9 Å². The first-order chi connectivity index (χ1) is 11.3. The molecule has 1 heteroatoms. The normalized spacial score (nSPS) is 14.0. The van der Waals surface area contributed by atoms with E-state index < -0.39 is 0 Å². The molecule has 2 atom stereocenters. The molecule has 0 aliphatic carbocycles. The molecule has 2 aromatic rings. The molecule has 0 saturated heterocycles. The van der Waals surface area contributed by atoms with Crippen molar-refractivity contribution in [2.75, 3.05) is 0 Å². The van der Waals surface area contributed by atoms with E-state index in [2.05, 4.69) is 61.5 Å². The predicted octanol–water partition coefficient (Wildman–Crippen LogP) is 5.81. The molecule has 122 valence electrons. The van der Waals surface area contributed by atoms with E-state index in [0.717, 1.165) is 19.3 Å². The van der Waals surface area contributed by atoms with Gasteiger partial charge in [-0.15, -0.1) is 0 Å². The van der Waals surface area contributed by atoms with E-state index in [1.54, 1.807) is 0 Å². The number of benzene rings is 2. The highest BCUT2D eigenvalue weighted by Crippen LogP contribution is 2.21. The van der Waals surface area contributed by atoms with Crippen molar-refractivity contribution in [3.63, 3.8) is 0 Å². The van der Waals surface area contributed by atoms with E-state index in [-0.39, 0.29) is 6.10 Å². The second-order valence-electron chi connectivity index (χ2n) is 6.30. The van der Waals surface area contributed by atoms with Crippen LogP contribution >= 0.6 is 0 Å². The van der Waals surface area contributed by atoms with E-state index in [4.69, 9.17) is 0 Å². The maximum absolute atomic E-state index is 10.1. The largest absolute Gasteiger partial charge is 0.393 e. The zero-order valence-corrected chi connectivity index (χ0v) is 14.1. The molecule has 0 saturated carbocycles. The average Bonchev–Trinajstić information content (AvgIpc) is 2.60. The van der Waals surface area contributed by atoms with E-state index in [0.29, 0.717) is 5.92 Å². The van der Waals surface area contributed by atoms with Crippen LogP contribution in [-0.4, -0.2) is 11.2 Å². The molecule has 0 bridgehead atoms. The van der Waals surface area contributed by atoms with Gasteiger partial charge in [0.05, 0.1) is 6.10 Å². The quantitative estimate of drug-likeness (QED) is 0.579. The average molecular weight is 308 g/mol. The molecule has 23 heavy (non-hydrogen) atoms. The second-order valence-corrected chi connectivity index (χ2v) is 6.30. The number of aliphatic hydroxyl groups excluding tert-OH is 1. The molecule has 0 amide bonds. The molecule has 0 spiro atoms. The Balaban J connectivity index is 1.60. The molecule has 2 unspecified atom stereocenters. The molecule has 1 nitrogen and oxygen atoms in total. The minimum Gasteiger partial charge on any atom is -0.393 e. The van der Waals surface area contributed by atoms with Crippen molar-refractivity contribution in [2.45, 2.75) is 51.0 Å². The molecule has 0 radical (unpaired) electrons. The Labute approximate surface area is 140 Å². The van der Waals surface area contributed by atoms with Gasteiger partial charge in [-0.1, -0.05) is 92.6 Å². The fourth-order valence-corrected chi connectivity index (χ4v) is 2.82. The third kappa shape index (κ3) is 6.83. The molecule has 2 rings (SSSR count). The lowest BCUT2D eigenvalue weighted by atomic mass is 9.94. The van der Waals surface area contributed by atoms with Crippen LogP contribution in [0.25, 0.3) is 6.08 Å². The van der Waals surface area contributed by atoms with E-state index >= 15 is 0 Å². The number of aliphatic hydroxyl groups is 1. The van der Waals surface area contributed by atoms with Crippen LogP contribution < -0.4 is 0 Å². The zero-order chi connectivity index (χ0) is 16.3. The smallest absolute Gasteiger partial charge is 0.0574 e. The highest BCUT2D eigenvalue weighted by atomic mass is 16.3. The zero-order valence-electron chi connectivity index (χ0n) is 14.1. The monoisotopic (exact) mass is 308 g/mol. The van der Waals surface area contributed by atoms with Crippen LogP contribution in [0.5, 0.6) is 0 Å². The van der Waals surface area contributed by atoms with Gasteiger partial charge in [-0.05, 0) is 36.3 Å². The SMILES string of the molecule is CC(CCCCC(O)CC=Cc1ccccc1)c1ccccc1. The summed E-state index contributed by atoms with van der Waals surface area (Å²) in [4.78, 5) is 0. The minimum atomic E-state index is -0.220. The van der Waals surface area contributed by atoms with Gasteiger partial charge in [0.15, 0.2) is 0 Å². The van der Waals surface area contributed by atoms with Crippen molar-refractivity contribution in [2.24, 2.45) is 0 Å². The lowest BCUT2D eigenvalue weighted by Crippen LogP contribution is -2.04. The topological polar surface area (TPSA) is 20.2 Å². The third-order valence-electron chi connectivity index (χ3n) is 4.31. The standard InChI is InChI=1S/C22H28O/c1-19(21-15-6-3-7-16-21)11-8-9-17-22(23)18-10-14-20-12-4-2-5-13-20/h2-7,10,12-16,19,22-23H,8-9,11,17-18H2,1H3. The predicted molar refractivity (Wildman–Crippen MR) is 99.4 cm³/mol. The molecule has 0 fully saturated rings. The lowest BCUT2D eigenvalue weighted by Gasteiger charge is -2.12. The molecular formula is C22H28O. The Hall–Kier alpha value is -1.86. The Morgan fingerprint density at radius 1 is 0.870 bits per heavy atom. The van der Waals surface area contributed by atoms with Crippen molar-refractivity contribution in [3.8, 4) is 0 Å². The summed E-state index contributed by atoms with van der Waals surface area (Å²) < 4.78 is 0. The Bertz CT molecular complexity index is 559. The third-order valence-corrected chi connectivity index (χ3v) is 4.31. The lowest BCUT2D eigenvalue weighted by molar-refractivity contribution is 0.164. The van der Waals surface area contributed by atoms with Crippen LogP contribution in [0.2, 0.25) is 0 Å². The van der Waals surface area contributed by atoms with E-state index in [1.165, 1.54) is 24.0 Å². The maximum Gasteiger partial charge on any atom is 0.0574 e. The summed E-state index contributed by atoms with van der Waals surface area (Å²) >= 11 is 0. The highest BCUT2D eigenvalue weighted by Gasteiger charge is 2.06. The summed E-state index contributed by atoms with van der Waals surface area (Å²) in [5.74, 6) is 0.603. The molecule has 0 aliphatic rings. The van der Waals surface area contributed by atoms with Gasteiger partial charge in [0.2, 0.25) is 0 Å². The van der Waals surface area contributed by atoms with Gasteiger partial charge in [-0.2, -0.15) is 0 Å². The second kappa shape index (κ2) is 10.0. The van der Waals surface area contributed by atoms with Crippen molar-refractivity contribution >= 4 is 6.08 Å². The summed E-state index contributed by atoms with van der Waals surface area (Å²) in [5, 5.41) is 10.1. The van der Waals surface area contributed by atoms with Gasteiger partial charge in [0, 0.05) is 0 Å². The van der Waals surface area contributed by atoms with Crippen LogP contribution in [0.4, 0.5) is 0 Å². The fourth-order valence-electron chi connectivity index (χ4n) is 2.82. The van der Waals surface area contributed by atoms with Crippen molar-refractivity contribution in [1.29, 1.82) is 0 Å². The van der Waals surface area contributed by atoms with Gasteiger partial charge < -0.3 is 5.11 Å². The number of unbranched alkanes of at least 4 members (excludes halogenated alkanes) is 1. The molecule has 2 aromatic carbocycles. The van der Waals surface area contributed by atoms with Crippen LogP contribution in [-0.2, 0) is 0 Å². The van der Waals surface area contributed by atoms with Crippen molar-refractivity contribution in [1.82, 2.24) is 0 Å². The molecule has 1 N–H and O–H groups in total. The van der Waals surface area contributed by atoms with Crippen LogP contribution in [0, 0.1) is 0 Å². The Morgan fingerprint density at radius 2 is 1.48 bits per heavy atom. The molecule has 0 heterocycles. The highest BCUT2D eigenvalue weighted by molar-refractivity contribution is 5.48. The number of hydrogen-bond donors (Lipinski definition) is 1. The summed E-state index contributed by atoms with van der Waals surface area (Å²) in [6, 6.07) is 20.9. The summed E-state index contributed by atoms with van der Waals surface area (Å²) in [5.41, 5.74) is 2.61. The van der Waals surface area contributed by atoms with Crippen molar-refractivity contribution < 1.29 is 5.11 Å². The first-order valence-corrected chi connectivity index (χ1v) is 8.70. The maximum atomic E-state index is 10.1. The van der Waals surface area contributed by atoms with Crippen LogP contribution in [0.15, 0.2) is 66.7 Å². The Morgan fingerprint density at radius 3 is 2.17 bits per heavy atom. The molecular weight excluding hydrogens is 280 g/mol. The van der Waals surface area contributed by atoms with Gasteiger partial charge in [0.25, 0.3) is 0 Å². The first kappa shape index (κ1) is 17.5. The summed E-state index contributed by atoms with van der Waals surface area (Å²) in [6.45, 7) is 2.29. The summed E-state index contributed by atoms with van der Waals surface area (Å²) in [6.07, 6.45) is 9.03. The van der Waals surface area contributed by atoms with E-state index in [9.17, 15) is 5.11 Å². The first-order valence-electron chi connectivity index (χ1n) is 8.70. The van der Waals surface area contributed by atoms with Gasteiger partial charge in [-0.3, -0.25) is 0 Å². The molecule has 0 aromatic heterocycles. The van der Waals surface area contributed by atoms with Gasteiger partial charge in [0.1, 0.15) is 0 Å². The van der Waals surface area contributed by atoms with E-state index in [1.807, 2.05) is 18.2 Å². The minimum absolute atomic E-state index is 0.220. The fraction of sp³-hybridized carbons (Fsp3) is 0.364. The van der Waals surface area contributed by atoms with Crippen LogP contribution in [0.3, 0.4) is 0 Å². The molecule has 0 aliphatic heterocycles. The summed E-state index contributed by atoms with van der Waals surface area (Å²) in [7, 11) is 0.